The summed E-state index contributed by atoms with van der Waals surface area (Å²) in [5.74, 6) is 1.45. The van der Waals surface area contributed by atoms with Crippen LogP contribution in [-0.2, 0) is 4.74 Å². The highest BCUT2D eigenvalue weighted by Crippen LogP contribution is 2.34. The quantitative estimate of drug-likeness (QED) is 0.644. The van der Waals surface area contributed by atoms with Crippen molar-refractivity contribution in [2.24, 2.45) is 5.92 Å². The Labute approximate surface area is 119 Å². The van der Waals surface area contributed by atoms with Crippen LogP contribution in [0.3, 0.4) is 0 Å². The van der Waals surface area contributed by atoms with Gasteiger partial charge in [0.15, 0.2) is 6.79 Å². The second-order valence-corrected chi connectivity index (χ2v) is 5.46. The maximum absolute atomic E-state index is 9.90. The summed E-state index contributed by atoms with van der Waals surface area (Å²) in [7, 11) is 0. The van der Waals surface area contributed by atoms with Crippen LogP contribution in [0.25, 0.3) is 10.8 Å². The van der Waals surface area contributed by atoms with E-state index in [1.165, 1.54) is 12.8 Å². The Kier molecular flexibility index (Phi) is 3.90. The third-order valence-electron chi connectivity index (χ3n) is 3.70. The molecular formula is C17H20O3. The van der Waals surface area contributed by atoms with Gasteiger partial charge in [0.1, 0.15) is 5.75 Å². The Hall–Kier alpha value is -1.58. The first kappa shape index (κ1) is 13.4. The molecule has 0 aliphatic heterocycles. The largest absolute Gasteiger partial charge is 0.467 e. The molecule has 1 fully saturated rings. The first-order valence-corrected chi connectivity index (χ1v) is 7.16. The van der Waals surface area contributed by atoms with Crippen molar-refractivity contribution in [1.29, 1.82) is 0 Å². The summed E-state index contributed by atoms with van der Waals surface area (Å²) < 4.78 is 11.3. The monoisotopic (exact) mass is 272 g/mol. The van der Waals surface area contributed by atoms with E-state index in [2.05, 4.69) is 0 Å². The van der Waals surface area contributed by atoms with Crippen LogP contribution in [0.1, 0.15) is 31.4 Å². The number of ether oxygens (including phenoxy) is 2. The molecule has 0 bridgehead atoms. The van der Waals surface area contributed by atoms with E-state index in [1.54, 1.807) is 6.92 Å². The van der Waals surface area contributed by atoms with E-state index < -0.39 is 6.10 Å². The number of aliphatic hydroxyl groups is 1. The molecule has 20 heavy (non-hydrogen) atoms. The second kappa shape index (κ2) is 5.81. The molecule has 3 rings (SSSR count). The predicted octanol–water partition coefficient (Wildman–Crippen LogP) is 3.66. The Morgan fingerprint density at radius 1 is 1.20 bits per heavy atom. The van der Waals surface area contributed by atoms with Gasteiger partial charge in [0.05, 0.1) is 12.7 Å². The van der Waals surface area contributed by atoms with Crippen LogP contribution in [0, 0.1) is 5.92 Å². The molecule has 2 aromatic carbocycles. The fourth-order valence-corrected chi connectivity index (χ4v) is 2.35. The molecule has 2 aromatic rings. The molecule has 0 amide bonds. The van der Waals surface area contributed by atoms with Crippen molar-refractivity contribution >= 4 is 10.8 Å². The van der Waals surface area contributed by atoms with Crippen molar-refractivity contribution in [2.45, 2.75) is 25.9 Å². The molecule has 0 radical (unpaired) electrons. The fraction of sp³-hybridized carbons (Fsp3) is 0.412. The summed E-state index contributed by atoms with van der Waals surface area (Å²) in [5, 5.41) is 12.0. The minimum absolute atomic E-state index is 0.240. The molecule has 1 unspecified atom stereocenters. The highest BCUT2D eigenvalue weighted by atomic mass is 16.7. The van der Waals surface area contributed by atoms with Gasteiger partial charge in [0.25, 0.3) is 0 Å². The summed E-state index contributed by atoms with van der Waals surface area (Å²) >= 11 is 0. The first-order valence-electron chi connectivity index (χ1n) is 7.16. The van der Waals surface area contributed by atoms with Gasteiger partial charge >= 0.3 is 0 Å². The molecule has 1 aliphatic carbocycles. The molecular weight excluding hydrogens is 252 g/mol. The van der Waals surface area contributed by atoms with Crippen molar-refractivity contribution in [2.75, 3.05) is 13.4 Å². The summed E-state index contributed by atoms with van der Waals surface area (Å²) in [4.78, 5) is 0. The Bertz CT molecular complexity index is 588. The van der Waals surface area contributed by atoms with Gasteiger partial charge in [-0.05, 0) is 31.1 Å². The Morgan fingerprint density at radius 3 is 2.75 bits per heavy atom. The maximum atomic E-state index is 9.90. The molecule has 106 valence electrons. The highest BCUT2D eigenvalue weighted by Gasteiger charge is 2.21. The molecule has 3 nitrogen and oxygen atoms in total. The minimum Gasteiger partial charge on any atom is -0.467 e. The zero-order chi connectivity index (χ0) is 13.9. The number of hydrogen-bond donors (Lipinski definition) is 1. The van der Waals surface area contributed by atoms with Gasteiger partial charge in [-0.3, -0.25) is 0 Å². The summed E-state index contributed by atoms with van der Waals surface area (Å²) in [6.45, 7) is 2.76. The van der Waals surface area contributed by atoms with Gasteiger partial charge in [-0.15, -0.1) is 0 Å². The number of benzene rings is 2. The lowest BCUT2D eigenvalue weighted by atomic mass is 10.0. The van der Waals surface area contributed by atoms with Crippen LogP contribution < -0.4 is 4.74 Å². The van der Waals surface area contributed by atoms with E-state index in [-0.39, 0.29) is 6.79 Å². The lowest BCUT2D eigenvalue weighted by Crippen LogP contribution is -2.08. The SMILES string of the molecule is CC(O)c1ccc2ccccc2c1OCOCC1CC1. The zero-order valence-corrected chi connectivity index (χ0v) is 11.7. The van der Waals surface area contributed by atoms with E-state index in [4.69, 9.17) is 9.47 Å². The van der Waals surface area contributed by atoms with Crippen molar-refractivity contribution in [3.05, 3.63) is 42.0 Å². The lowest BCUT2D eigenvalue weighted by Gasteiger charge is -2.16. The van der Waals surface area contributed by atoms with Crippen LogP contribution in [-0.4, -0.2) is 18.5 Å². The van der Waals surface area contributed by atoms with Crippen LogP contribution in [0.2, 0.25) is 0 Å². The standard InChI is InChI=1S/C17H20O3/c1-12(18)15-9-8-14-4-2-3-5-16(14)17(15)20-11-19-10-13-6-7-13/h2-5,8-9,12-13,18H,6-7,10-11H2,1H3. The lowest BCUT2D eigenvalue weighted by molar-refractivity contribution is 0.00921. The van der Waals surface area contributed by atoms with Crippen molar-refractivity contribution in [3.63, 3.8) is 0 Å². The van der Waals surface area contributed by atoms with Gasteiger partial charge in [-0.2, -0.15) is 0 Å². The molecule has 0 spiro atoms. The zero-order valence-electron chi connectivity index (χ0n) is 11.7. The second-order valence-electron chi connectivity index (χ2n) is 5.46. The topological polar surface area (TPSA) is 38.7 Å². The summed E-state index contributed by atoms with van der Waals surface area (Å²) in [5.41, 5.74) is 0.804. The molecule has 1 N–H and O–H groups in total. The maximum Gasteiger partial charge on any atom is 0.189 e. The van der Waals surface area contributed by atoms with E-state index in [0.29, 0.717) is 0 Å². The molecule has 1 aliphatic rings. The number of fused-ring (bicyclic) bond motifs is 1. The van der Waals surface area contributed by atoms with Gasteiger partial charge in [0.2, 0.25) is 0 Å². The molecule has 0 aromatic heterocycles. The Morgan fingerprint density at radius 2 is 2.00 bits per heavy atom. The van der Waals surface area contributed by atoms with Gasteiger partial charge in [-0.1, -0.05) is 36.4 Å². The van der Waals surface area contributed by atoms with Crippen LogP contribution in [0.5, 0.6) is 5.75 Å². The normalized spacial score (nSPS) is 16.3. The van der Waals surface area contributed by atoms with E-state index >= 15 is 0 Å². The Balaban J connectivity index is 1.82. The average molecular weight is 272 g/mol. The van der Waals surface area contributed by atoms with E-state index in [0.717, 1.165) is 34.6 Å². The van der Waals surface area contributed by atoms with E-state index in [1.807, 2.05) is 36.4 Å². The van der Waals surface area contributed by atoms with Crippen LogP contribution in [0.4, 0.5) is 0 Å². The predicted molar refractivity (Wildman–Crippen MR) is 78.8 cm³/mol. The first-order chi connectivity index (χ1) is 9.75. The molecule has 0 saturated heterocycles. The van der Waals surface area contributed by atoms with Gasteiger partial charge in [0, 0.05) is 10.9 Å². The van der Waals surface area contributed by atoms with Crippen molar-refractivity contribution in [1.82, 2.24) is 0 Å². The number of aliphatic hydroxyl groups excluding tert-OH is 1. The van der Waals surface area contributed by atoms with Gasteiger partial charge < -0.3 is 14.6 Å². The molecule has 1 saturated carbocycles. The molecule has 1 atom stereocenters. The average Bonchev–Trinajstić information content (AvgIpc) is 3.27. The smallest absolute Gasteiger partial charge is 0.189 e. The van der Waals surface area contributed by atoms with Crippen LogP contribution >= 0.6 is 0 Å². The van der Waals surface area contributed by atoms with Gasteiger partial charge in [-0.25, -0.2) is 0 Å². The molecule has 3 heteroatoms. The van der Waals surface area contributed by atoms with E-state index in [9.17, 15) is 5.11 Å². The summed E-state index contributed by atoms with van der Waals surface area (Å²) in [6.07, 6.45) is 1.98. The van der Waals surface area contributed by atoms with Crippen molar-refractivity contribution in [3.8, 4) is 5.75 Å². The highest BCUT2D eigenvalue weighted by molar-refractivity contribution is 5.89. The van der Waals surface area contributed by atoms with Crippen molar-refractivity contribution < 1.29 is 14.6 Å². The summed E-state index contributed by atoms with van der Waals surface area (Å²) in [6, 6.07) is 12.0. The minimum atomic E-state index is -0.557. The third-order valence-corrected chi connectivity index (χ3v) is 3.70. The van der Waals surface area contributed by atoms with Crippen LogP contribution in [0.15, 0.2) is 36.4 Å². The fourth-order valence-electron chi connectivity index (χ4n) is 2.35. The third kappa shape index (κ3) is 2.94. The number of rotatable bonds is 6. The number of hydrogen-bond acceptors (Lipinski definition) is 3. The molecule has 0 heterocycles.